The highest BCUT2D eigenvalue weighted by Gasteiger charge is 2.22. The Labute approximate surface area is 160 Å². The first-order chi connectivity index (χ1) is 13.0. The number of likely N-dealkylation sites (tertiary alicyclic amines) is 1. The average molecular weight is 386 g/mol. The summed E-state index contributed by atoms with van der Waals surface area (Å²) in [5.74, 6) is 1.91. The predicted octanol–water partition coefficient (Wildman–Crippen LogP) is 3.36. The van der Waals surface area contributed by atoms with E-state index >= 15 is 0 Å². The number of piperidine rings is 1. The molecule has 1 fully saturated rings. The Kier molecular flexibility index (Phi) is 8.97. The van der Waals surface area contributed by atoms with Crippen LogP contribution in [0.15, 0.2) is 15.6 Å². The van der Waals surface area contributed by atoms with Gasteiger partial charge >= 0.3 is 0 Å². The van der Waals surface area contributed by atoms with E-state index in [1.807, 2.05) is 17.9 Å². The molecule has 1 aromatic rings. The van der Waals surface area contributed by atoms with Gasteiger partial charge in [-0.15, -0.1) is 0 Å². The van der Waals surface area contributed by atoms with Gasteiger partial charge in [-0.25, -0.2) is 13.8 Å². The molecule has 1 aromatic heterocycles. The zero-order chi connectivity index (χ0) is 19.6. The minimum atomic E-state index is -2.26. The van der Waals surface area contributed by atoms with E-state index in [9.17, 15) is 8.78 Å². The van der Waals surface area contributed by atoms with Crippen molar-refractivity contribution in [1.82, 2.24) is 20.7 Å². The molecule has 0 radical (unpaired) electrons. The molecule has 27 heavy (non-hydrogen) atoms. The molecule has 0 unspecified atom stereocenters. The third-order valence-corrected chi connectivity index (χ3v) is 5.04. The Morgan fingerprint density at radius 2 is 2.00 bits per heavy atom. The molecule has 0 aliphatic carbocycles. The summed E-state index contributed by atoms with van der Waals surface area (Å²) >= 11 is 0. The van der Waals surface area contributed by atoms with Gasteiger partial charge in [-0.05, 0) is 32.6 Å². The lowest BCUT2D eigenvalue weighted by Crippen LogP contribution is -2.49. The van der Waals surface area contributed by atoms with Gasteiger partial charge in [0.2, 0.25) is 0 Å². The lowest BCUT2D eigenvalue weighted by Gasteiger charge is -2.32. The Morgan fingerprint density at radius 3 is 2.59 bits per heavy atom. The van der Waals surface area contributed by atoms with Gasteiger partial charge in [-0.1, -0.05) is 19.0 Å². The van der Waals surface area contributed by atoms with Crippen LogP contribution in [0.5, 0.6) is 0 Å². The topological polar surface area (TPSA) is 65.7 Å². The van der Waals surface area contributed by atoms with Crippen LogP contribution in [-0.2, 0) is 6.54 Å². The standard InChI is InChI=1S/C19H33F2N5O/c1-4-14(5-2)17-11-16(27-25-17)12-23-19(22-6-3)24-15-7-9-26(10-8-15)13-18(20)21/h11,14-15,18H,4-10,12-13H2,1-3H3,(H2,22,23,24). The van der Waals surface area contributed by atoms with Crippen molar-refractivity contribution in [3.8, 4) is 0 Å². The van der Waals surface area contributed by atoms with Gasteiger partial charge in [0.05, 0.1) is 12.2 Å². The predicted molar refractivity (Wildman–Crippen MR) is 103 cm³/mol. The van der Waals surface area contributed by atoms with Crippen molar-refractivity contribution in [2.75, 3.05) is 26.2 Å². The molecule has 0 aromatic carbocycles. The molecule has 154 valence electrons. The zero-order valence-electron chi connectivity index (χ0n) is 16.7. The van der Waals surface area contributed by atoms with Crippen LogP contribution in [0.1, 0.15) is 63.8 Å². The maximum absolute atomic E-state index is 12.5. The van der Waals surface area contributed by atoms with Crippen LogP contribution >= 0.6 is 0 Å². The van der Waals surface area contributed by atoms with Crippen LogP contribution in [0.25, 0.3) is 0 Å². The molecule has 1 saturated heterocycles. The highest BCUT2D eigenvalue weighted by atomic mass is 19.3. The van der Waals surface area contributed by atoms with Crippen molar-refractivity contribution in [2.24, 2.45) is 4.99 Å². The quantitative estimate of drug-likeness (QED) is 0.504. The number of rotatable bonds is 9. The first-order valence-corrected chi connectivity index (χ1v) is 10.1. The van der Waals surface area contributed by atoms with Gasteiger partial charge in [0.1, 0.15) is 6.54 Å². The molecule has 0 bridgehead atoms. The van der Waals surface area contributed by atoms with Gasteiger partial charge in [-0.3, -0.25) is 4.90 Å². The highest BCUT2D eigenvalue weighted by molar-refractivity contribution is 5.80. The third kappa shape index (κ3) is 7.08. The van der Waals surface area contributed by atoms with Crippen LogP contribution in [0.4, 0.5) is 8.78 Å². The molecular weight excluding hydrogens is 352 g/mol. The normalized spacial score (nSPS) is 17.1. The lowest BCUT2D eigenvalue weighted by molar-refractivity contribution is 0.0744. The first-order valence-electron chi connectivity index (χ1n) is 10.1. The number of halogens is 2. The minimum Gasteiger partial charge on any atom is -0.359 e. The molecule has 1 aliphatic heterocycles. The summed E-state index contributed by atoms with van der Waals surface area (Å²) in [7, 11) is 0. The Balaban J connectivity index is 1.87. The molecule has 0 spiro atoms. The van der Waals surface area contributed by atoms with Crippen molar-refractivity contribution in [3.63, 3.8) is 0 Å². The number of alkyl halides is 2. The smallest absolute Gasteiger partial charge is 0.251 e. The van der Waals surface area contributed by atoms with Gasteiger partial charge in [0.15, 0.2) is 11.7 Å². The van der Waals surface area contributed by atoms with E-state index in [1.165, 1.54) is 0 Å². The maximum atomic E-state index is 12.5. The van der Waals surface area contributed by atoms with E-state index in [-0.39, 0.29) is 12.6 Å². The van der Waals surface area contributed by atoms with E-state index in [0.717, 1.165) is 49.6 Å². The minimum absolute atomic E-state index is 0.134. The monoisotopic (exact) mass is 385 g/mol. The SMILES string of the molecule is CCNC(=NCc1cc(C(CC)CC)no1)NC1CCN(CC(F)F)CC1. The summed E-state index contributed by atoms with van der Waals surface area (Å²) in [5, 5.41) is 10.8. The second-order valence-corrected chi connectivity index (χ2v) is 7.04. The summed E-state index contributed by atoms with van der Waals surface area (Å²) in [5.41, 5.74) is 0.995. The molecule has 2 N–H and O–H groups in total. The van der Waals surface area contributed by atoms with Gasteiger partial charge in [-0.2, -0.15) is 0 Å². The molecule has 2 rings (SSSR count). The van der Waals surface area contributed by atoms with Crippen LogP contribution in [0, 0.1) is 0 Å². The Hall–Kier alpha value is -1.70. The van der Waals surface area contributed by atoms with Gasteiger partial charge < -0.3 is 15.2 Å². The molecule has 0 amide bonds. The summed E-state index contributed by atoms with van der Waals surface area (Å²) in [4.78, 5) is 6.42. The number of hydrogen-bond acceptors (Lipinski definition) is 4. The number of nitrogens with zero attached hydrogens (tertiary/aromatic N) is 3. The van der Waals surface area contributed by atoms with Crippen LogP contribution < -0.4 is 10.6 Å². The van der Waals surface area contributed by atoms with E-state index in [1.54, 1.807) is 0 Å². The van der Waals surface area contributed by atoms with E-state index in [0.29, 0.717) is 25.6 Å². The fraction of sp³-hybridized carbons (Fsp3) is 0.789. The average Bonchev–Trinajstić information content (AvgIpc) is 3.11. The summed E-state index contributed by atoms with van der Waals surface area (Å²) in [6.07, 6.45) is 1.48. The Bertz CT molecular complexity index is 566. The van der Waals surface area contributed by atoms with Crippen LogP contribution in [-0.4, -0.2) is 54.7 Å². The molecule has 6 nitrogen and oxygen atoms in total. The number of hydrogen-bond donors (Lipinski definition) is 2. The summed E-state index contributed by atoms with van der Waals surface area (Å²) < 4.78 is 30.4. The molecule has 0 saturated carbocycles. The number of guanidine groups is 1. The van der Waals surface area contributed by atoms with Crippen molar-refractivity contribution in [1.29, 1.82) is 0 Å². The largest absolute Gasteiger partial charge is 0.359 e. The molecule has 2 heterocycles. The molecule has 1 aliphatic rings. The number of aliphatic imine (C=N–C) groups is 1. The second kappa shape index (κ2) is 11.2. The fourth-order valence-electron chi connectivity index (χ4n) is 3.43. The molecule has 8 heteroatoms. The van der Waals surface area contributed by atoms with Crippen molar-refractivity contribution in [2.45, 2.75) is 71.4 Å². The number of nitrogens with one attached hydrogen (secondary N) is 2. The number of aromatic nitrogens is 1. The molecular formula is C19H33F2N5O. The van der Waals surface area contributed by atoms with Gasteiger partial charge in [0.25, 0.3) is 6.43 Å². The third-order valence-electron chi connectivity index (χ3n) is 5.04. The van der Waals surface area contributed by atoms with E-state index < -0.39 is 6.43 Å². The highest BCUT2D eigenvalue weighted by Crippen LogP contribution is 2.22. The Morgan fingerprint density at radius 1 is 1.30 bits per heavy atom. The second-order valence-electron chi connectivity index (χ2n) is 7.04. The van der Waals surface area contributed by atoms with Crippen LogP contribution in [0.2, 0.25) is 0 Å². The maximum Gasteiger partial charge on any atom is 0.251 e. The van der Waals surface area contributed by atoms with Crippen LogP contribution in [0.3, 0.4) is 0 Å². The summed E-state index contributed by atoms with van der Waals surface area (Å²) in [6, 6.07) is 2.24. The molecule has 0 atom stereocenters. The van der Waals surface area contributed by atoms with E-state index in [4.69, 9.17) is 4.52 Å². The first kappa shape index (κ1) is 21.6. The van der Waals surface area contributed by atoms with Crippen molar-refractivity contribution < 1.29 is 13.3 Å². The fourth-order valence-corrected chi connectivity index (χ4v) is 3.43. The van der Waals surface area contributed by atoms with Crippen molar-refractivity contribution >= 4 is 5.96 Å². The zero-order valence-corrected chi connectivity index (χ0v) is 16.7. The van der Waals surface area contributed by atoms with Crippen molar-refractivity contribution in [3.05, 3.63) is 17.5 Å². The van der Waals surface area contributed by atoms with E-state index in [2.05, 4.69) is 34.6 Å². The lowest BCUT2D eigenvalue weighted by atomic mass is 9.99. The van der Waals surface area contributed by atoms with Gasteiger partial charge in [0, 0.05) is 37.7 Å². The summed E-state index contributed by atoms with van der Waals surface area (Å²) in [6.45, 7) is 8.73.